The molecule has 52 heavy (non-hydrogen) atoms. The van der Waals surface area contributed by atoms with Gasteiger partial charge in [0.05, 0.1) is 5.69 Å². The fourth-order valence-electron chi connectivity index (χ4n) is 7.69. The van der Waals surface area contributed by atoms with E-state index in [1.807, 2.05) is 12.1 Å². The van der Waals surface area contributed by atoms with Crippen molar-refractivity contribution >= 4 is 60.5 Å². The maximum atomic E-state index is 6.26. The van der Waals surface area contributed by atoms with E-state index in [0.29, 0.717) is 0 Å². The maximum Gasteiger partial charge on any atom is 0.136 e. The monoisotopic (exact) mass is 663 g/mol. The molecule has 0 fully saturated rings. The van der Waals surface area contributed by atoms with E-state index < -0.39 is 0 Å². The zero-order valence-electron chi connectivity index (χ0n) is 28.4. The first-order valence-electron chi connectivity index (χ1n) is 17.8. The summed E-state index contributed by atoms with van der Waals surface area (Å²) in [7, 11) is 0. The predicted octanol–water partition coefficient (Wildman–Crippen LogP) is 14.4. The third-order valence-electron chi connectivity index (χ3n) is 10.3. The summed E-state index contributed by atoms with van der Waals surface area (Å²) < 4.78 is 6.26. The molecular weight excluding hydrogens is 631 g/mol. The summed E-state index contributed by atoms with van der Waals surface area (Å²) >= 11 is 0. The normalized spacial score (nSPS) is 11.5. The predicted molar refractivity (Wildman–Crippen MR) is 220 cm³/mol. The Hall–Kier alpha value is -6.90. The second-order valence-corrected chi connectivity index (χ2v) is 13.3. The Morgan fingerprint density at radius 3 is 1.75 bits per heavy atom. The minimum absolute atomic E-state index is 0.899. The van der Waals surface area contributed by atoms with Crippen molar-refractivity contribution in [3.8, 4) is 33.4 Å². The van der Waals surface area contributed by atoms with Crippen molar-refractivity contribution in [1.29, 1.82) is 0 Å². The molecule has 2 heteroatoms. The third-order valence-corrected chi connectivity index (χ3v) is 10.3. The van der Waals surface area contributed by atoms with Gasteiger partial charge in [-0.25, -0.2) is 0 Å². The first-order valence-corrected chi connectivity index (χ1v) is 17.8. The second kappa shape index (κ2) is 12.5. The molecule has 0 saturated heterocycles. The molecule has 0 bridgehead atoms. The lowest BCUT2D eigenvalue weighted by Gasteiger charge is -2.27. The Labute approximate surface area is 302 Å². The topological polar surface area (TPSA) is 16.4 Å². The number of hydrogen-bond donors (Lipinski definition) is 0. The quantitative estimate of drug-likeness (QED) is 0.176. The molecule has 0 amide bonds. The van der Waals surface area contributed by atoms with Crippen molar-refractivity contribution < 1.29 is 4.42 Å². The van der Waals surface area contributed by atoms with Crippen molar-refractivity contribution in [1.82, 2.24) is 0 Å². The van der Waals surface area contributed by atoms with Gasteiger partial charge in [-0.1, -0.05) is 152 Å². The number of nitrogens with zero attached hydrogens (tertiary/aromatic N) is 1. The largest absolute Gasteiger partial charge is 0.456 e. The van der Waals surface area contributed by atoms with E-state index in [4.69, 9.17) is 4.42 Å². The van der Waals surface area contributed by atoms with Crippen LogP contribution in [0.3, 0.4) is 0 Å². The van der Waals surface area contributed by atoms with Gasteiger partial charge in [-0.15, -0.1) is 0 Å². The molecule has 0 aliphatic heterocycles. The summed E-state index contributed by atoms with van der Waals surface area (Å²) in [6, 6.07) is 71.8. The van der Waals surface area contributed by atoms with Gasteiger partial charge in [-0.05, 0) is 98.1 Å². The van der Waals surface area contributed by atoms with Gasteiger partial charge in [0.15, 0.2) is 0 Å². The van der Waals surface area contributed by atoms with Crippen LogP contribution in [-0.2, 0) is 0 Å². The Bertz CT molecular complexity index is 2890. The maximum absolute atomic E-state index is 6.26. The van der Waals surface area contributed by atoms with Crippen LogP contribution >= 0.6 is 0 Å². The molecule has 10 rings (SSSR count). The number of fused-ring (bicyclic) bond motifs is 5. The molecule has 0 radical (unpaired) electrons. The molecule has 244 valence electrons. The number of furan rings is 1. The molecule has 0 aliphatic rings. The van der Waals surface area contributed by atoms with Crippen LogP contribution in [0.1, 0.15) is 0 Å². The van der Waals surface area contributed by atoms with Crippen LogP contribution in [0.4, 0.5) is 17.1 Å². The van der Waals surface area contributed by atoms with Gasteiger partial charge in [-0.2, -0.15) is 0 Å². The lowest BCUT2D eigenvalue weighted by Crippen LogP contribution is -2.10. The molecule has 1 heterocycles. The summed E-state index contributed by atoms with van der Waals surface area (Å²) in [5.41, 5.74) is 12.2. The van der Waals surface area contributed by atoms with Crippen LogP contribution in [0.5, 0.6) is 0 Å². The van der Waals surface area contributed by atoms with Crippen molar-refractivity contribution in [3.05, 3.63) is 200 Å². The lowest BCUT2D eigenvalue weighted by molar-refractivity contribution is 0.669. The van der Waals surface area contributed by atoms with Gasteiger partial charge in [0.25, 0.3) is 0 Å². The highest BCUT2D eigenvalue weighted by molar-refractivity contribution is 6.12. The van der Waals surface area contributed by atoms with E-state index in [-0.39, 0.29) is 0 Å². The summed E-state index contributed by atoms with van der Waals surface area (Å²) in [6.07, 6.45) is 0. The van der Waals surface area contributed by atoms with Crippen molar-refractivity contribution in [2.24, 2.45) is 0 Å². The van der Waals surface area contributed by atoms with Crippen molar-refractivity contribution in [2.75, 3.05) is 4.90 Å². The molecule has 9 aromatic carbocycles. The van der Waals surface area contributed by atoms with Gasteiger partial charge in [0.1, 0.15) is 11.2 Å². The summed E-state index contributed by atoms with van der Waals surface area (Å²) in [6.45, 7) is 0. The van der Waals surface area contributed by atoms with Crippen LogP contribution < -0.4 is 4.90 Å². The molecule has 1 aromatic heterocycles. The molecule has 0 aliphatic carbocycles. The smallest absolute Gasteiger partial charge is 0.136 e. The average Bonchev–Trinajstić information content (AvgIpc) is 3.60. The van der Waals surface area contributed by atoms with Gasteiger partial charge in [-0.3, -0.25) is 0 Å². The Kier molecular flexibility index (Phi) is 7.18. The first kappa shape index (κ1) is 30.0. The Morgan fingerprint density at radius 1 is 0.327 bits per heavy atom. The first-order chi connectivity index (χ1) is 25.8. The Morgan fingerprint density at radius 2 is 0.923 bits per heavy atom. The highest BCUT2D eigenvalue weighted by atomic mass is 16.3. The van der Waals surface area contributed by atoms with E-state index in [1.165, 1.54) is 43.8 Å². The number of para-hydroxylation sites is 1. The average molecular weight is 664 g/mol. The van der Waals surface area contributed by atoms with Gasteiger partial charge in [0.2, 0.25) is 0 Å². The van der Waals surface area contributed by atoms with Crippen molar-refractivity contribution in [3.63, 3.8) is 0 Å². The molecule has 0 unspecified atom stereocenters. The second-order valence-electron chi connectivity index (χ2n) is 13.3. The van der Waals surface area contributed by atoms with E-state index in [2.05, 4.69) is 193 Å². The van der Waals surface area contributed by atoms with Crippen LogP contribution in [-0.4, -0.2) is 0 Å². The lowest BCUT2D eigenvalue weighted by atomic mass is 9.97. The molecule has 0 saturated carbocycles. The molecule has 0 N–H and O–H groups in total. The number of hydrogen-bond acceptors (Lipinski definition) is 2. The summed E-state index contributed by atoms with van der Waals surface area (Å²) in [5, 5.41) is 7.20. The van der Waals surface area contributed by atoms with E-state index in [0.717, 1.165) is 50.1 Å². The molecule has 0 atom stereocenters. The fourth-order valence-corrected chi connectivity index (χ4v) is 7.69. The number of rotatable bonds is 6. The van der Waals surface area contributed by atoms with E-state index in [9.17, 15) is 0 Å². The number of benzene rings is 9. The van der Waals surface area contributed by atoms with Crippen molar-refractivity contribution in [2.45, 2.75) is 0 Å². The minimum atomic E-state index is 0.899. The zero-order valence-corrected chi connectivity index (χ0v) is 28.4. The van der Waals surface area contributed by atoms with Crippen LogP contribution in [0.2, 0.25) is 0 Å². The highest BCUT2D eigenvalue weighted by Crippen LogP contribution is 2.43. The molecule has 2 nitrogen and oxygen atoms in total. The molecule has 0 spiro atoms. The SMILES string of the molecule is c1cc(-c2cccc3oc4ccccc4c23)cc(N(c2ccc(-c3ccc(-c4ccc5ccccc5c4)cc3)cc2)c2cccc3ccccc23)c1. The third kappa shape index (κ3) is 5.21. The van der Waals surface area contributed by atoms with E-state index >= 15 is 0 Å². The Balaban J connectivity index is 1.05. The van der Waals surface area contributed by atoms with Gasteiger partial charge < -0.3 is 9.32 Å². The number of anilines is 3. The standard InChI is InChI=1S/C50H33NO/c1-2-12-39-32-40(27-26-34(39)10-1)37-24-22-35(23-25-37)36-28-30-42(31-29-36)51(47-19-8-13-38-11-3-4-16-44(38)47)43-15-7-14-41(33-43)45-18-9-21-49-50(45)46-17-5-6-20-48(46)52-49/h1-33H. The van der Waals surface area contributed by atoms with Crippen LogP contribution in [0.15, 0.2) is 205 Å². The minimum Gasteiger partial charge on any atom is -0.456 e. The van der Waals surface area contributed by atoms with Crippen LogP contribution in [0.25, 0.3) is 76.9 Å². The van der Waals surface area contributed by atoms with E-state index in [1.54, 1.807) is 0 Å². The summed E-state index contributed by atoms with van der Waals surface area (Å²) in [5.74, 6) is 0. The molecular formula is C50H33NO. The van der Waals surface area contributed by atoms with Gasteiger partial charge >= 0.3 is 0 Å². The zero-order chi connectivity index (χ0) is 34.4. The highest BCUT2D eigenvalue weighted by Gasteiger charge is 2.18. The van der Waals surface area contributed by atoms with Crippen LogP contribution in [0, 0.1) is 0 Å². The fraction of sp³-hybridized carbons (Fsp3) is 0. The summed E-state index contributed by atoms with van der Waals surface area (Å²) in [4.78, 5) is 2.38. The molecule has 10 aromatic rings. The van der Waals surface area contributed by atoms with Gasteiger partial charge in [0, 0.05) is 27.5 Å².